The van der Waals surface area contributed by atoms with Gasteiger partial charge in [0.1, 0.15) is 6.10 Å². The maximum Gasteiger partial charge on any atom is 0.227 e. The molecule has 0 unspecified atom stereocenters. The third-order valence-corrected chi connectivity index (χ3v) is 4.01. The predicted octanol–water partition coefficient (Wildman–Crippen LogP) is 2.34. The first-order valence-electron chi connectivity index (χ1n) is 8.36. The Hall–Kier alpha value is -2.44. The lowest BCUT2D eigenvalue weighted by atomic mass is 10.2. The molecule has 0 spiro atoms. The normalized spacial score (nSPS) is 14.7. The van der Waals surface area contributed by atoms with Gasteiger partial charge in [-0.25, -0.2) is 4.98 Å². The quantitative estimate of drug-likeness (QED) is 0.838. The molecule has 2 aromatic rings. The first-order valence-corrected chi connectivity index (χ1v) is 8.36. The van der Waals surface area contributed by atoms with Gasteiger partial charge in [-0.15, -0.1) is 0 Å². The van der Waals surface area contributed by atoms with Crippen LogP contribution in [0.5, 0.6) is 5.88 Å². The Kier molecular flexibility index (Phi) is 5.40. The highest BCUT2D eigenvalue weighted by Gasteiger charge is 2.16. The molecule has 2 heterocycles. The molecule has 0 bridgehead atoms. The number of aryl methyl sites for hydroxylation is 2. The summed E-state index contributed by atoms with van der Waals surface area (Å²) in [7, 11) is 0. The highest BCUT2D eigenvalue weighted by molar-refractivity contribution is 5.75. The molecule has 1 N–H and O–H groups in total. The number of hydrogen-bond donors (Lipinski definition) is 1. The fourth-order valence-corrected chi connectivity index (χ4v) is 2.71. The van der Waals surface area contributed by atoms with Crippen LogP contribution in [0.4, 0.5) is 0 Å². The third-order valence-electron chi connectivity index (χ3n) is 4.01. The maximum atomic E-state index is 11.8. The van der Waals surface area contributed by atoms with Crippen LogP contribution in [0.15, 0.2) is 22.9 Å². The molecule has 1 amide bonds. The van der Waals surface area contributed by atoms with Gasteiger partial charge in [0, 0.05) is 31.6 Å². The molecule has 7 nitrogen and oxygen atoms in total. The van der Waals surface area contributed by atoms with Crippen LogP contribution in [0.2, 0.25) is 0 Å². The average molecular weight is 330 g/mol. The summed E-state index contributed by atoms with van der Waals surface area (Å²) in [6.45, 7) is 2.19. The Bertz CT molecular complexity index is 663. The lowest BCUT2D eigenvalue weighted by molar-refractivity contribution is -0.121. The van der Waals surface area contributed by atoms with Crippen molar-refractivity contribution in [3.63, 3.8) is 0 Å². The lowest BCUT2D eigenvalue weighted by Gasteiger charge is -2.12. The van der Waals surface area contributed by atoms with E-state index in [0.717, 1.165) is 18.4 Å². The van der Waals surface area contributed by atoms with Crippen molar-refractivity contribution < 1.29 is 14.1 Å². The fraction of sp³-hybridized carbons (Fsp3) is 0.529. The van der Waals surface area contributed by atoms with Crippen LogP contribution < -0.4 is 10.1 Å². The van der Waals surface area contributed by atoms with Gasteiger partial charge in [0.25, 0.3) is 0 Å². The summed E-state index contributed by atoms with van der Waals surface area (Å²) in [4.78, 5) is 20.2. The smallest absolute Gasteiger partial charge is 0.227 e. The molecule has 2 aromatic heterocycles. The summed E-state index contributed by atoms with van der Waals surface area (Å²) >= 11 is 0. The molecular weight excluding hydrogens is 308 g/mol. The molecule has 1 aliphatic rings. The second-order valence-corrected chi connectivity index (χ2v) is 6.04. The zero-order valence-corrected chi connectivity index (χ0v) is 13.8. The summed E-state index contributed by atoms with van der Waals surface area (Å²) in [5, 5.41) is 6.55. The van der Waals surface area contributed by atoms with Crippen molar-refractivity contribution in [3.05, 3.63) is 35.6 Å². The highest BCUT2D eigenvalue weighted by atomic mass is 16.5. The molecule has 1 fully saturated rings. The number of nitrogens with one attached hydrogen (secondary N) is 1. The zero-order valence-electron chi connectivity index (χ0n) is 13.8. The van der Waals surface area contributed by atoms with Gasteiger partial charge in [-0.1, -0.05) is 11.2 Å². The standard InChI is InChI=1S/C17H22N4O3/c1-12-20-17(24-21-12)9-7-15(22)18-10-13-6-8-16(19-11-13)23-14-4-2-3-5-14/h6,8,11,14H,2-5,7,9-10H2,1H3,(H,18,22). The van der Waals surface area contributed by atoms with Crippen LogP contribution in [-0.4, -0.2) is 27.1 Å². The number of nitrogens with zero attached hydrogens (tertiary/aromatic N) is 3. The molecule has 7 heteroatoms. The minimum Gasteiger partial charge on any atom is -0.474 e. The van der Waals surface area contributed by atoms with Crippen molar-refractivity contribution in [1.29, 1.82) is 0 Å². The first-order chi connectivity index (χ1) is 11.7. The maximum absolute atomic E-state index is 11.8. The number of hydrogen-bond acceptors (Lipinski definition) is 6. The number of carbonyl (C=O) groups is 1. The number of carbonyl (C=O) groups excluding carboxylic acids is 1. The minimum atomic E-state index is -0.0582. The topological polar surface area (TPSA) is 90.1 Å². The number of ether oxygens (including phenoxy) is 1. The van der Waals surface area contributed by atoms with Gasteiger partial charge in [0.2, 0.25) is 17.7 Å². The Morgan fingerprint density at radius 3 is 2.88 bits per heavy atom. The van der Waals surface area contributed by atoms with E-state index >= 15 is 0 Å². The van der Waals surface area contributed by atoms with Crippen LogP contribution in [0.25, 0.3) is 0 Å². The Morgan fingerprint density at radius 2 is 2.21 bits per heavy atom. The summed E-state index contributed by atoms with van der Waals surface area (Å²) < 4.78 is 10.8. The van der Waals surface area contributed by atoms with E-state index < -0.39 is 0 Å². The molecule has 0 radical (unpaired) electrons. The van der Waals surface area contributed by atoms with E-state index in [2.05, 4.69) is 20.4 Å². The molecule has 3 rings (SSSR count). The van der Waals surface area contributed by atoms with Gasteiger partial charge in [-0.2, -0.15) is 4.98 Å². The van der Waals surface area contributed by atoms with Crippen molar-refractivity contribution in [3.8, 4) is 5.88 Å². The van der Waals surface area contributed by atoms with E-state index in [1.807, 2.05) is 12.1 Å². The third kappa shape index (κ3) is 4.78. The Morgan fingerprint density at radius 1 is 1.38 bits per heavy atom. The summed E-state index contributed by atoms with van der Waals surface area (Å²) in [5.41, 5.74) is 0.941. The number of aromatic nitrogens is 3. The van der Waals surface area contributed by atoms with E-state index in [4.69, 9.17) is 9.26 Å². The van der Waals surface area contributed by atoms with Crippen LogP contribution in [0, 0.1) is 6.92 Å². The van der Waals surface area contributed by atoms with Crippen molar-refractivity contribution in [2.24, 2.45) is 0 Å². The van der Waals surface area contributed by atoms with Crippen LogP contribution in [0.1, 0.15) is 49.4 Å². The second kappa shape index (κ2) is 7.90. The van der Waals surface area contributed by atoms with Crippen molar-refractivity contribution in [2.75, 3.05) is 0 Å². The summed E-state index contributed by atoms with van der Waals surface area (Å²) in [6, 6.07) is 3.79. The van der Waals surface area contributed by atoms with Crippen LogP contribution in [-0.2, 0) is 17.8 Å². The van der Waals surface area contributed by atoms with Crippen LogP contribution in [0.3, 0.4) is 0 Å². The SMILES string of the molecule is Cc1noc(CCC(=O)NCc2ccc(OC3CCCC3)nc2)n1. The van der Waals surface area contributed by atoms with Crippen molar-refractivity contribution in [2.45, 2.75) is 58.1 Å². The molecule has 0 saturated heterocycles. The summed E-state index contributed by atoms with van der Waals surface area (Å²) in [5.74, 6) is 1.66. The van der Waals surface area contributed by atoms with Crippen molar-refractivity contribution >= 4 is 5.91 Å². The van der Waals surface area contributed by atoms with E-state index in [9.17, 15) is 4.79 Å². The van der Waals surface area contributed by atoms with Gasteiger partial charge in [0.15, 0.2) is 5.82 Å². The fourth-order valence-electron chi connectivity index (χ4n) is 2.71. The molecule has 1 saturated carbocycles. The lowest BCUT2D eigenvalue weighted by Crippen LogP contribution is -2.23. The van der Waals surface area contributed by atoms with Gasteiger partial charge in [0.05, 0.1) is 0 Å². The van der Waals surface area contributed by atoms with Gasteiger partial charge >= 0.3 is 0 Å². The number of amides is 1. The van der Waals surface area contributed by atoms with Gasteiger partial charge < -0.3 is 14.6 Å². The molecular formula is C17H22N4O3. The van der Waals surface area contributed by atoms with Gasteiger partial charge in [-0.3, -0.25) is 4.79 Å². The molecule has 0 aromatic carbocycles. The highest BCUT2D eigenvalue weighted by Crippen LogP contribution is 2.22. The average Bonchev–Trinajstić information content (AvgIpc) is 3.24. The first kappa shape index (κ1) is 16.4. The van der Waals surface area contributed by atoms with E-state index in [0.29, 0.717) is 43.1 Å². The molecule has 0 atom stereocenters. The number of pyridine rings is 1. The Labute approximate surface area is 140 Å². The van der Waals surface area contributed by atoms with E-state index in [1.54, 1.807) is 13.1 Å². The molecule has 24 heavy (non-hydrogen) atoms. The minimum absolute atomic E-state index is 0.0582. The second-order valence-electron chi connectivity index (χ2n) is 6.04. The predicted molar refractivity (Wildman–Crippen MR) is 86.3 cm³/mol. The van der Waals surface area contributed by atoms with Crippen molar-refractivity contribution in [1.82, 2.24) is 20.4 Å². The van der Waals surface area contributed by atoms with Gasteiger partial charge in [-0.05, 0) is 38.2 Å². The monoisotopic (exact) mass is 330 g/mol. The van der Waals surface area contributed by atoms with E-state index in [-0.39, 0.29) is 5.91 Å². The number of rotatable bonds is 7. The summed E-state index contributed by atoms with van der Waals surface area (Å²) in [6.07, 6.45) is 7.49. The molecule has 1 aliphatic carbocycles. The van der Waals surface area contributed by atoms with Crippen LogP contribution >= 0.6 is 0 Å². The molecule has 128 valence electrons. The zero-order chi connectivity index (χ0) is 16.8. The van der Waals surface area contributed by atoms with E-state index in [1.165, 1.54) is 12.8 Å². The Balaban J connectivity index is 1.39. The molecule has 0 aliphatic heterocycles. The largest absolute Gasteiger partial charge is 0.474 e.